The molecule has 0 aliphatic rings. The van der Waals surface area contributed by atoms with Gasteiger partial charge in [0.1, 0.15) is 5.82 Å². The summed E-state index contributed by atoms with van der Waals surface area (Å²) in [6.45, 7) is -0.655. The molecule has 1 aromatic heterocycles. The molecule has 0 fully saturated rings. The number of para-hydroxylation sites is 2. The molecule has 5 aromatic rings. The van der Waals surface area contributed by atoms with Crippen molar-refractivity contribution >= 4 is 34.4 Å². The van der Waals surface area contributed by atoms with Crippen LogP contribution >= 0.6 is 0 Å². The zero-order valence-corrected chi connectivity index (χ0v) is 22.1. The van der Waals surface area contributed by atoms with Gasteiger partial charge in [-0.2, -0.15) is 9.78 Å². The molecule has 11 nitrogen and oxygen atoms in total. The molecule has 12 heteroatoms. The Morgan fingerprint density at radius 3 is 2.52 bits per heavy atom. The topological polar surface area (TPSA) is 138 Å². The minimum atomic E-state index is -0.737. The summed E-state index contributed by atoms with van der Waals surface area (Å²) in [6, 6.07) is 24.0. The summed E-state index contributed by atoms with van der Waals surface area (Å²) in [5.74, 6) is -1.47. The van der Waals surface area contributed by atoms with E-state index in [1.54, 1.807) is 54.6 Å². The fourth-order valence-corrected chi connectivity index (χ4v) is 4.13. The van der Waals surface area contributed by atoms with Crippen molar-refractivity contribution in [2.45, 2.75) is 0 Å². The van der Waals surface area contributed by atoms with Crippen molar-refractivity contribution in [1.29, 1.82) is 0 Å². The first kappa shape index (κ1) is 27.6. The average Bonchev–Trinajstić information content (AvgIpc) is 3.00. The fraction of sp³-hybridized carbons (Fsp3) is 0.0667. The molecule has 0 radical (unpaired) electrons. The third kappa shape index (κ3) is 5.82. The van der Waals surface area contributed by atoms with Crippen molar-refractivity contribution in [1.82, 2.24) is 9.66 Å². The van der Waals surface area contributed by atoms with E-state index < -0.39 is 34.5 Å². The van der Waals surface area contributed by atoms with Gasteiger partial charge < -0.3 is 14.8 Å². The Balaban J connectivity index is 1.49. The largest absolute Gasteiger partial charge is 0.493 e. The van der Waals surface area contributed by atoms with E-state index in [-0.39, 0.29) is 28.6 Å². The van der Waals surface area contributed by atoms with E-state index in [9.17, 15) is 24.1 Å². The predicted octanol–water partition coefficient (Wildman–Crippen LogP) is 5.02. The van der Waals surface area contributed by atoms with Crippen molar-refractivity contribution in [3.63, 3.8) is 0 Å². The van der Waals surface area contributed by atoms with Crippen molar-refractivity contribution in [2.24, 2.45) is 5.10 Å². The van der Waals surface area contributed by atoms with Gasteiger partial charge in [-0.1, -0.05) is 54.6 Å². The average molecular weight is 568 g/mol. The summed E-state index contributed by atoms with van der Waals surface area (Å²) in [5.41, 5.74) is 0.331. The molecule has 4 aromatic carbocycles. The third-order valence-corrected chi connectivity index (χ3v) is 6.08. The van der Waals surface area contributed by atoms with Crippen molar-refractivity contribution in [3.05, 3.63) is 123 Å². The molecule has 1 heterocycles. The zero-order valence-electron chi connectivity index (χ0n) is 22.1. The quantitative estimate of drug-likeness (QED) is 0.150. The molecule has 1 N–H and O–H groups in total. The molecule has 0 atom stereocenters. The number of ether oxygens (including phenoxy) is 2. The number of aromatic nitrogens is 2. The van der Waals surface area contributed by atoms with E-state index in [1.807, 2.05) is 6.07 Å². The number of fused-ring (bicyclic) bond motifs is 1. The highest BCUT2D eigenvalue weighted by Gasteiger charge is 2.23. The zero-order chi connectivity index (χ0) is 29.6. The van der Waals surface area contributed by atoms with Crippen molar-refractivity contribution in [2.75, 3.05) is 19.0 Å². The second-order valence-corrected chi connectivity index (χ2v) is 8.83. The lowest BCUT2D eigenvalue weighted by Gasteiger charge is -2.12. The van der Waals surface area contributed by atoms with E-state index in [4.69, 9.17) is 9.47 Å². The Labute approximate surface area is 237 Å². The Bertz CT molecular complexity index is 1890. The van der Waals surface area contributed by atoms with Crippen LogP contribution in [0, 0.1) is 15.9 Å². The summed E-state index contributed by atoms with van der Waals surface area (Å²) in [5, 5.41) is 19.0. The molecule has 210 valence electrons. The molecule has 0 unspecified atom stereocenters. The Hall–Kier alpha value is -5.91. The molecular weight excluding hydrogens is 545 g/mol. The van der Waals surface area contributed by atoms with Crippen LogP contribution < -0.4 is 20.3 Å². The number of amides is 1. The van der Waals surface area contributed by atoms with Gasteiger partial charge in [-0.25, -0.2) is 9.37 Å². The summed E-state index contributed by atoms with van der Waals surface area (Å²) in [6.07, 6.45) is 1.26. The van der Waals surface area contributed by atoms with Crippen LogP contribution in [-0.4, -0.2) is 40.4 Å². The first-order valence-electron chi connectivity index (χ1n) is 12.5. The molecule has 0 saturated carbocycles. The number of nitro groups is 1. The summed E-state index contributed by atoms with van der Waals surface area (Å²) in [7, 11) is 1.28. The fourth-order valence-electron chi connectivity index (χ4n) is 4.13. The number of methoxy groups -OCH3 is 1. The molecule has 0 spiro atoms. The SMILES string of the molecule is COc1cc(C=Nn2c(-c3ccccc3)nc3ccccc3c2=O)cc([N+](=O)[O-])c1OCC(=O)Nc1ccccc1F. The predicted molar refractivity (Wildman–Crippen MR) is 155 cm³/mol. The van der Waals surface area contributed by atoms with E-state index >= 15 is 0 Å². The lowest BCUT2D eigenvalue weighted by Crippen LogP contribution is -2.21. The lowest BCUT2D eigenvalue weighted by atomic mass is 10.2. The summed E-state index contributed by atoms with van der Waals surface area (Å²) < 4.78 is 25.7. The maximum Gasteiger partial charge on any atom is 0.315 e. The number of carbonyl (C=O) groups excluding carboxylic acids is 1. The van der Waals surface area contributed by atoms with Crippen LogP contribution in [0.15, 0.2) is 101 Å². The highest BCUT2D eigenvalue weighted by atomic mass is 19.1. The summed E-state index contributed by atoms with van der Waals surface area (Å²) in [4.78, 5) is 41.6. The van der Waals surface area contributed by atoms with Crippen molar-refractivity contribution in [3.8, 4) is 22.9 Å². The van der Waals surface area contributed by atoms with Gasteiger partial charge in [-0.15, -0.1) is 0 Å². The minimum Gasteiger partial charge on any atom is -0.493 e. The van der Waals surface area contributed by atoms with Crippen LogP contribution in [0.4, 0.5) is 15.8 Å². The monoisotopic (exact) mass is 567 g/mol. The summed E-state index contributed by atoms with van der Waals surface area (Å²) >= 11 is 0. The number of hydrogen-bond acceptors (Lipinski definition) is 8. The highest BCUT2D eigenvalue weighted by Crippen LogP contribution is 2.38. The van der Waals surface area contributed by atoms with Crippen LogP contribution in [0.2, 0.25) is 0 Å². The van der Waals surface area contributed by atoms with E-state index in [2.05, 4.69) is 15.4 Å². The molecule has 5 rings (SSSR count). The number of nitrogens with one attached hydrogen (secondary N) is 1. The van der Waals surface area contributed by atoms with Gasteiger partial charge in [0.05, 0.1) is 34.8 Å². The Morgan fingerprint density at radius 1 is 1.07 bits per heavy atom. The first-order chi connectivity index (χ1) is 20.4. The smallest absolute Gasteiger partial charge is 0.315 e. The van der Waals surface area contributed by atoms with Gasteiger partial charge in [-0.05, 0) is 30.3 Å². The minimum absolute atomic E-state index is 0.0587. The molecule has 0 saturated heterocycles. The van der Waals surface area contributed by atoms with Crippen LogP contribution in [-0.2, 0) is 4.79 Å². The third-order valence-electron chi connectivity index (χ3n) is 6.08. The van der Waals surface area contributed by atoms with Crippen LogP contribution in [0.1, 0.15) is 5.56 Å². The first-order valence-corrected chi connectivity index (χ1v) is 12.5. The van der Waals surface area contributed by atoms with Crippen molar-refractivity contribution < 1.29 is 23.6 Å². The number of nitrogens with zero attached hydrogens (tertiary/aromatic N) is 4. The number of hydrogen-bond donors (Lipinski definition) is 1. The molecule has 0 aliphatic heterocycles. The van der Waals surface area contributed by atoms with Gasteiger partial charge in [-0.3, -0.25) is 19.7 Å². The van der Waals surface area contributed by atoms with E-state index in [1.165, 1.54) is 37.6 Å². The van der Waals surface area contributed by atoms with Crippen LogP contribution in [0.5, 0.6) is 11.5 Å². The normalized spacial score (nSPS) is 11.0. The van der Waals surface area contributed by atoms with E-state index in [0.717, 1.165) is 10.7 Å². The molecular formula is C30H22FN5O6. The number of rotatable bonds is 9. The number of carbonyl (C=O) groups is 1. The van der Waals surface area contributed by atoms with Gasteiger partial charge in [0.15, 0.2) is 18.2 Å². The Kier molecular flexibility index (Phi) is 7.96. The number of benzene rings is 4. The second kappa shape index (κ2) is 12.1. The van der Waals surface area contributed by atoms with Gasteiger partial charge >= 0.3 is 5.69 Å². The maximum atomic E-state index is 13.9. The van der Waals surface area contributed by atoms with E-state index in [0.29, 0.717) is 16.5 Å². The highest BCUT2D eigenvalue weighted by molar-refractivity contribution is 5.92. The van der Waals surface area contributed by atoms with Gasteiger partial charge in [0.25, 0.3) is 11.5 Å². The number of halogens is 1. The second-order valence-electron chi connectivity index (χ2n) is 8.83. The Morgan fingerprint density at radius 2 is 1.79 bits per heavy atom. The van der Waals surface area contributed by atoms with Gasteiger partial charge in [0.2, 0.25) is 5.75 Å². The molecule has 0 aliphatic carbocycles. The molecule has 0 bridgehead atoms. The maximum absolute atomic E-state index is 13.9. The molecule has 1 amide bonds. The lowest BCUT2D eigenvalue weighted by molar-refractivity contribution is -0.385. The van der Waals surface area contributed by atoms with Crippen LogP contribution in [0.3, 0.4) is 0 Å². The number of anilines is 1. The van der Waals surface area contributed by atoms with Gasteiger partial charge in [0, 0.05) is 17.2 Å². The number of nitro benzene ring substituents is 1. The van der Waals surface area contributed by atoms with Crippen LogP contribution in [0.25, 0.3) is 22.3 Å². The molecule has 42 heavy (non-hydrogen) atoms. The standard InChI is InChI=1S/C30H22FN5O6/c1-41-26-16-19(15-25(36(39)40)28(26)42-18-27(37)33-24-14-8-6-12-22(24)31)17-32-35-29(20-9-3-2-4-10-20)34-23-13-7-5-11-21(23)30(35)38/h2-17H,18H2,1H3,(H,33,37).